The molecule has 1 amide bonds. The Bertz CT molecular complexity index is 623. The van der Waals surface area contributed by atoms with E-state index in [0.717, 1.165) is 12.1 Å². The van der Waals surface area contributed by atoms with Gasteiger partial charge in [-0.1, -0.05) is 0 Å². The molecular formula is C14H18N4O2S. The Kier molecular flexibility index (Phi) is 4.03. The Labute approximate surface area is 127 Å². The SMILES string of the molecule is CCn1ncc2c1C(COC)CN(C(=O)c1cscn1)C2. The van der Waals surface area contributed by atoms with Crippen LogP contribution < -0.4 is 0 Å². The Morgan fingerprint density at radius 3 is 3.10 bits per heavy atom. The molecule has 0 saturated heterocycles. The van der Waals surface area contributed by atoms with Crippen molar-refractivity contribution in [3.8, 4) is 0 Å². The summed E-state index contributed by atoms with van der Waals surface area (Å²) in [4.78, 5) is 18.4. The van der Waals surface area contributed by atoms with Crippen molar-refractivity contribution in [1.29, 1.82) is 0 Å². The van der Waals surface area contributed by atoms with Gasteiger partial charge in [0.25, 0.3) is 5.91 Å². The van der Waals surface area contributed by atoms with Gasteiger partial charge in [-0.05, 0) is 6.92 Å². The largest absolute Gasteiger partial charge is 0.384 e. The van der Waals surface area contributed by atoms with Crippen LogP contribution in [-0.2, 0) is 17.8 Å². The quantitative estimate of drug-likeness (QED) is 0.863. The topological polar surface area (TPSA) is 60.2 Å². The van der Waals surface area contributed by atoms with Crippen molar-refractivity contribution >= 4 is 17.2 Å². The molecular weight excluding hydrogens is 288 g/mol. The fourth-order valence-electron chi connectivity index (χ4n) is 2.87. The van der Waals surface area contributed by atoms with Gasteiger partial charge in [0.05, 0.1) is 24.0 Å². The lowest BCUT2D eigenvalue weighted by Crippen LogP contribution is -2.40. The fraction of sp³-hybridized carbons (Fsp3) is 0.500. The number of rotatable bonds is 4. The second kappa shape index (κ2) is 5.95. The van der Waals surface area contributed by atoms with E-state index < -0.39 is 0 Å². The molecule has 0 spiro atoms. The van der Waals surface area contributed by atoms with E-state index in [1.54, 1.807) is 18.0 Å². The number of fused-ring (bicyclic) bond motifs is 1. The first kappa shape index (κ1) is 14.2. The van der Waals surface area contributed by atoms with Crippen LogP contribution in [0.2, 0.25) is 0 Å². The van der Waals surface area contributed by atoms with Crippen LogP contribution in [0.1, 0.15) is 34.6 Å². The van der Waals surface area contributed by atoms with E-state index in [1.165, 1.54) is 17.0 Å². The van der Waals surface area contributed by atoms with Gasteiger partial charge in [0.1, 0.15) is 5.69 Å². The molecule has 0 saturated carbocycles. The summed E-state index contributed by atoms with van der Waals surface area (Å²) in [6.07, 6.45) is 1.86. The second-order valence-corrected chi connectivity index (χ2v) is 5.80. The Morgan fingerprint density at radius 2 is 2.43 bits per heavy atom. The molecule has 1 atom stereocenters. The lowest BCUT2D eigenvalue weighted by atomic mass is 9.96. The third-order valence-electron chi connectivity index (χ3n) is 3.75. The van der Waals surface area contributed by atoms with Gasteiger partial charge >= 0.3 is 0 Å². The van der Waals surface area contributed by atoms with E-state index in [0.29, 0.717) is 25.4 Å². The molecule has 3 rings (SSSR count). The van der Waals surface area contributed by atoms with Crippen LogP contribution >= 0.6 is 11.3 Å². The summed E-state index contributed by atoms with van der Waals surface area (Å²) < 4.78 is 7.34. The van der Waals surface area contributed by atoms with Crippen LogP contribution in [0, 0.1) is 0 Å². The number of thiazole rings is 1. The number of hydrogen-bond acceptors (Lipinski definition) is 5. The Balaban J connectivity index is 1.89. The highest BCUT2D eigenvalue weighted by molar-refractivity contribution is 7.07. The molecule has 0 aromatic carbocycles. The standard InChI is InChI=1S/C14H18N4O2S/c1-3-18-13-10(4-16-18)5-17(6-11(13)7-20-2)14(19)12-8-21-9-15-12/h4,8-9,11H,3,5-7H2,1-2H3. The second-order valence-electron chi connectivity index (χ2n) is 5.08. The van der Waals surface area contributed by atoms with Gasteiger partial charge < -0.3 is 9.64 Å². The van der Waals surface area contributed by atoms with Crippen LogP contribution in [-0.4, -0.2) is 45.8 Å². The zero-order valence-corrected chi connectivity index (χ0v) is 13.0. The smallest absolute Gasteiger partial charge is 0.273 e. The van der Waals surface area contributed by atoms with Gasteiger partial charge in [-0.15, -0.1) is 11.3 Å². The highest BCUT2D eigenvalue weighted by Crippen LogP contribution is 2.29. The van der Waals surface area contributed by atoms with E-state index in [9.17, 15) is 4.79 Å². The summed E-state index contributed by atoms with van der Waals surface area (Å²) in [7, 11) is 1.69. The highest BCUT2D eigenvalue weighted by atomic mass is 32.1. The minimum atomic E-state index is -0.0211. The summed E-state index contributed by atoms with van der Waals surface area (Å²) in [6.45, 7) is 4.72. The first-order valence-corrected chi connectivity index (χ1v) is 7.89. The molecule has 7 heteroatoms. The first-order valence-electron chi connectivity index (χ1n) is 6.95. The van der Waals surface area contributed by atoms with Gasteiger partial charge in [0, 0.05) is 43.6 Å². The monoisotopic (exact) mass is 306 g/mol. The molecule has 1 aliphatic heterocycles. The van der Waals surface area contributed by atoms with Crippen molar-refractivity contribution < 1.29 is 9.53 Å². The van der Waals surface area contributed by atoms with Crippen LogP contribution in [0.4, 0.5) is 0 Å². The molecule has 0 N–H and O–H groups in total. The number of methoxy groups -OCH3 is 1. The molecule has 0 bridgehead atoms. The average Bonchev–Trinajstić information content (AvgIpc) is 3.16. The van der Waals surface area contributed by atoms with Crippen LogP contribution in [0.3, 0.4) is 0 Å². The molecule has 1 unspecified atom stereocenters. The summed E-state index contributed by atoms with van der Waals surface area (Å²) in [6, 6.07) is 0. The highest BCUT2D eigenvalue weighted by Gasteiger charge is 2.32. The van der Waals surface area contributed by atoms with Crippen molar-refractivity contribution in [3.05, 3.63) is 34.0 Å². The number of nitrogens with zero attached hydrogens (tertiary/aromatic N) is 4. The third-order valence-corrected chi connectivity index (χ3v) is 4.34. The van der Waals surface area contributed by atoms with Gasteiger partial charge in [-0.3, -0.25) is 9.48 Å². The molecule has 112 valence electrons. The van der Waals surface area contributed by atoms with Crippen LogP contribution in [0.25, 0.3) is 0 Å². The van der Waals surface area contributed by atoms with Gasteiger partial charge in [-0.25, -0.2) is 4.98 Å². The molecule has 3 heterocycles. The van der Waals surface area contributed by atoms with Crippen molar-refractivity contribution in [2.45, 2.75) is 25.9 Å². The molecule has 6 nitrogen and oxygen atoms in total. The van der Waals surface area contributed by atoms with E-state index in [-0.39, 0.29) is 11.8 Å². The van der Waals surface area contributed by atoms with Crippen LogP contribution in [0.15, 0.2) is 17.1 Å². The number of amides is 1. The molecule has 0 radical (unpaired) electrons. The first-order chi connectivity index (χ1) is 10.2. The summed E-state index contributed by atoms with van der Waals surface area (Å²) in [5, 5.41) is 6.21. The number of hydrogen-bond donors (Lipinski definition) is 0. The van der Waals surface area contributed by atoms with Gasteiger partial charge in [0.2, 0.25) is 0 Å². The van der Waals surface area contributed by atoms with Crippen molar-refractivity contribution in [3.63, 3.8) is 0 Å². The Morgan fingerprint density at radius 1 is 1.57 bits per heavy atom. The maximum absolute atomic E-state index is 12.5. The van der Waals surface area contributed by atoms with E-state index in [1.807, 2.05) is 15.8 Å². The van der Waals surface area contributed by atoms with Gasteiger partial charge in [0.15, 0.2) is 0 Å². The van der Waals surface area contributed by atoms with E-state index in [2.05, 4.69) is 17.0 Å². The van der Waals surface area contributed by atoms with E-state index >= 15 is 0 Å². The minimum Gasteiger partial charge on any atom is -0.384 e. The summed E-state index contributed by atoms with van der Waals surface area (Å²) in [5.74, 6) is 0.135. The maximum Gasteiger partial charge on any atom is 0.273 e. The number of aromatic nitrogens is 3. The zero-order valence-electron chi connectivity index (χ0n) is 12.2. The van der Waals surface area contributed by atoms with Crippen molar-refractivity contribution in [2.24, 2.45) is 0 Å². The minimum absolute atomic E-state index is 0.0211. The third kappa shape index (κ3) is 2.58. The average molecular weight is 306 g/mol. The molecule has 2 aromatic heterocycles. The van der Waals surface area contributed by atoms with Crippen LogP contribution in [0.5, 0.6) is 0 Å². The molecule has 1 aliphatic rings. The number of carbonyl (C=O) groups is 1. The van der Waals surface area contributed by atoms with Crippen molar-refractivity contribution in [1.82, 2.24) is 19.7 Å². The van der Waals surface area contributed by atoms with Gasteiger partial charge in [-0.2, -0.15) is 5.10 Å². The van der Waals surface area contributed by atoms with E-state index in [4.69, 9.17) is 4.74 Å². The Hall–Kier alpha value is -1.73. The zero-order chi connectivity index (χ0) is 14.8. The molecule has 0 aliphatic carbocycles. The van der Waals surface area contributed by atoms with Crippen molar-refractivity contribution in [2.75, 3.05) is 20.3 Å². The number of aryl methyl sites for hydroxylation is 1. The summed E-state index contributed by atoms with van der Waals surface area (Å²) in [5.41, 5.74) is 4.50. The lowest BCUT2D eigenvalue weighted by molar-refractivity contribution is 0.0670. The maximum atomic E-state index is 12.5. The number of ether oxygens (including phenoxy) is 1. The summed E-state index contributed by atoms with van der Waals surface area (Å²) >= 11 is 1.44. The normalized spacial score (nSPS) is 17.8. The predicted molar refractivity (Wildman–Crippen MR) is 79.4 cm³/mol. The molecule has 0 fully saturated rings. The molecule has 2 aromatic rings. The predicted octanol–water partition coefficient (Wildman–Crippen LogP) is 1.75. The fourth-order valence-corrected chi connectivity index (χ4v) is 3.40. The number of carbonyl (C=O) groups excluding carboxylic acids is 1. The molecule has 21 heavy (non-hydrogen) atoms. The lowest BCUT2D eigenvalue weighted by Gasteiger charge is -2.32.